The molecular weight excluding hydrogens is 266 g/mol. The Hall–Kier alpha value is -0.670. The summed E-state index contributed by atoms with van der Waals surface area (Å²) in [6.45, 7) is 7.00. The number of hydrogen-bond donors (Lipinski definition) is 1. The van der Waals surface area contributed by atoms with Crippen LogP contribution in [0.25, 0.3) is 0 Å². The lowest BCUT2D eigenvalue weighted by Gasteiger charge is -2.16. The molecule has 1 amide bonds. The van der Waals surface area contributed by atoms with Gasteiger partial charge in [-0.05, 0) is 24.1 Å². The van der Waals surface area contributed by atoms with E-state index in [1.165, 1.54) is 5.56 Å². The Morgan fingerprint density at radius 3 is 2.44 bits per heavy atom. The molecule has 0 aliphatic heterocycles. The van der Waals surface area contributed by atoms with Gasteiger partial charge in [0, 0.05) is 16.3 Å². The molecule has 1 N–H and O–H groups in total. The molecule has 4 heteroatoms. The van der Waals surface area contributed by atoms with Gasteiger partial charge in [0.1, 0.15) is 0 Å². The van der Waals surface area contributed by atoms with E-state index >= 15 is 0 Å². The highest BCUT2D eigenvalue weighted by Crippen LogP contribution is 2.22. The molecule has 1 aromatic rings. The summed E-state index contributed by atoms with van der Waals surface area (Å²) < 4.78 is 0.132. The van der Waals surface area contributed by atoms with Gasteiger partial charge in [-0.1, -0.05) is 44.5 Å². The maximum Gasteiger partial charge on any atom is 0.230 e. The molecule has 18 heavy (non-hydrogen) atoms. The molecule has 0 saturated carbocycles. The van der Waals surface area contributed by atoms with Gasteiger partial charge in [0.25, 0.3) is 0 Å². The lowest BCUT2D eigenvalue weighted by Crippen LogP contribution is -2.28. The monoisotopic (exact) mass is 285 g/mol. The lowest BCUT2D eigenvalue weighted by molar-refractivity contribution is -0.118. The van der Waals surface area contributed by atoms with Gasteiger partial charge >= 0.3 is 0 Å². The summed E-state index contributed by atoms with van der Waals surface area (Å²) in [5.41, 5.74) is 1.18. The summed E-state index contributed by atoms with van der Waals surface area (Å²) in [6, 6.07) is 7.71. The molecule has 0 aliphatic carbocycles. The van der Waals surface area contributed by atoms with Crippen molar-refractivity contribution in [3.8, 4) is 0 Å². The van der Waals surface area contributed by atoms with Gasteiger partial charge in [-0.3, -0.25) is 4.79 Å². The third-order valence-electron chi connectivity index (χ3n) is 2.29. The van der Waals surface area contributed by atoms with Gasteiger partial charge in [-0.15, -0.1) is 11.8 Å². The number of amides is 1. The maximum atomic E-state index is 11.6. The van der Waals surface area contributed by atoms with Crippen LogP contribution < -0.4 is 5.32 Å². The molecule has 0 aromatic heterocycles. The van der Waals surface area contributed by atoms with Crippen LogP contribution >= 0.6 is 23.4 Å². The molecule has 1 aromatic carbocycles. The fourth-order valence-corrected chi connectivity index (χ4v) is 2.12. The highest BCUT2D eigenvalue weighted by molar-refractivity contribution is 8.01. The quantitative estimate of drug-likeness (QED) is 0.897. The van der Waals surface area contributed by atoms with E-state index in [-0.39, 0.29) is 10.7 Å². The summed E-state index contributed by atoms with van der Waals surface area (Å²) in [6.07, 6.45) is 0.836. The van der Waals surface area contributed by atoms with E-state index < -0.39 is 0 Å². The number of hydrogen-bond acceptors (Lipinski definition) is 2. The first-order valence-corrected chi connectivity index (χ1v) is 7.38. The molecule has 0 fully saturated rings. The number of carbonyl (C=O) groups is 1. The zero-order chi connectivity index (χ0) is 13.6. The average Bonchev–Trinajstić information content (AvgIpc) is 2.28. The maximum absolute atomic E-state index is 11.6. The Morgan fingerprint density at radius 2 is 1.89 bits per heavy atom. The molecule has 0 atom stereocenters. The van der Waals surface area contributed by atoms with Crippen molar-refractivity contribution in [2.45, 2.75) is 31.9 Å². The number of benzene rings is 1. The van der Waals surface area contributed by atoms with E-state index in [0.29, 0.717) is 12.3 Å². The second-order valence-electron chi connectivity index (χ2n) is 5.13. The van der Waals surface area contributed by atoms with E-state index in [1.54, 1.807) is 11.8 Å². The summed E-state index contributed by atoms with van der Waals surface area (Å²) in [5.74, 6) is 0.619. The molecule has 0 aliphatic rings. The molecule has 0 unspecified atom stereocenters. The number of thioether (sulfide) groups is 1. The minimum absolute atomic E-state index is 0.101. The van der Waals surface area contributed by atoms with E-state index in [0.717, 1.165) is 11.4 Å². The number of rotatable bonds is 5. The van der Waals surface area contributed by atoms with E-state index in [1.807, 2.05) is 24.3 Å². The van der Waals surface area contributed by atoms with Gasteiger partial charge in [-0.25, -0.2) is 0 Å². The largest absolute Gasteiger partial charge is 0.355 e. The molecule has 0 saturated heterocycles. The Morgan fingerprint density at radius 1 is 1.28 bits per heavy atom. The molecule has 1 rings (SSSR count). The van der Waals surface area contributed by atoms with Crippen LogP contribution in [0, 0.1) is 0 Å². The zero-order valence-corrected chi connectivity index (χ0v) is 12.7. The van der Waals surface area contributed by atoms with E-state index in [4.69, 9.17) is 11.6 Å². The van der Waals surface area contributed by atoms with E-state index in [9.17, 15) is 4.79 Å². The molecule has 2 nitrogen and oxygen atoms in total. The van der Waals surface area contributed by atoms with E-state index in [2.05, 4.69) is 26.1 Å². The average molecular weight is 286 g/mol. The van der Waals surface area contributed by atoms with Gasteiger partial charge < -0.3 is 5.32 Å². The van der Waals surface area contributed by atoms with Crippen LogP contribution in [0.5, 0.6) is 0 Å². The van der Waals surface area contributed by atoms with Crippen molar-refractivity contribution in [3.63, 3.8) is 0 Å². The van der Waals surface area contributed by atoms with Crippen LogP contribution in [0.3, 0.4) is 0 Å². The molecular formula is C14H20ClNOS. The molecule has 100 valence electrons. The smallest absolute Gasteiger partial charge is 0.230 e. The van der Waals surface area contributed by atoms with Crippen LogP contribution in [0.2, 0.25) is 5.02 Å². The Kier molecular flexibility index (Phi) is 6.03. The van der Waals surface area contributed by atoms with Crippen molar-refractivity contribution in [1.29, 1.82) is 0 Å². The second kappa shape index (κ2) is 7.05. The Bertz CT molecular complexity index is 384. The highest BCUT2D eigenvalue weighted by atomic mass is 35.5. The highest BCUT2D eigenvalue weighted by Gasteiger charge is 2.12. The van der Waals surface area contributed by atoms with Crippen molar-refractivity contribution in [2.75, 3.05) is 12.3 Å². The normalized spacial score (nSPS) is 11.3. The summed E-state index contributed by atoms with van der Waals surface area (Å²) in [4.78, 5) is 11.6. The van der Waals surface area contributed by atoms with Gasteiger partial charge in [-0.2, -0.15) is 0 Å². The third kappa shape index (κ3) is 6.92. The van der Waals surface area contributed by atoms with Crippen molar-refractivity contribution in [3.05, 3.63) is 34.9 Å². The van der Waals surface area contributed by atoms with Crippen molar-refractivity contribution < 1.29 is 4.79 Å². The first-order valence-electron chi connectivity index (χ1n) is 6.02. The fraction of sp³-hybridized carbons (Fsp3) is 0.500. The van der Waals surface area contributed by atoms with Crippen molar-refractivity contribution >= 4 is 29.3 Å². The second-order valence-corrected chi connectivity index (χ2v) is 7.37. The topological polar surface area (TPSA) is 29.1 Å². The number of halogens is 1. The predicted octanol–water partition coefficient (Wildman–Crippen LogP) is 3.53. The molecule has 0 heterocycles. The molecule has 0 bridgehead atoms. The van der Waals surface area contributed by atoms with Gasteiger partial charge in [0.05, 0.1) is 5.75 Å². The zero-order valence-electron chi connectivity index (χ0n) is 11.1. The Balaban J connectivity index is 2.21. The molecule has 0 radical (unpaired) electrons. The summed E-state index contributed by atoms with van der Waals surface area (Å²) >= 11 is 7.47. The minimum Gasteiger partial charge on any atom is -0.355 e. The van der Waals surface area contributed by atoms with Gasteiger partial charge in [0.15, 0.2) is 0 Å². The Labute approximate surface area is 118 Å². The van der Waals surface area contributed by atoms with Gasteiger partial charge in [0.2, 0.25) is 5.91 Å². The van der Waals surface area contributed by atoms with Crippen LogP contribution in [0.4, 0.5) is 0 Å². The SMILES string of the molecule is CC(C)(C)SCC(=O)NCCc1ccc(Cl)cc1. The predicted molar refractivity (Wildman–Crippen MR) is 80.4 cm³/mol. The lowest BCUT2D eigenvalue weighted by atomic mass is 10.1. The third-order valence-corrected chi connectivity index (χ3v) is 3.81. The van der Waals surface area contributed by atoms with Crippen molar-refractivity contribution in [2.24, 2.45) is 0 Å². The number of nitrogens with one attached hydrogen (secondary N) is 1. The summed E-state index contributed by atoms with van der Waals surface area (Å²) in [7, 11) is 0. The van der Waals surface area contributed by atoms with Crippen LogP contribution in [-0.4, -0.2) is 23.0 Å². The number of carbonyl (C=O) groups excluding carboxylic acids is 1. The molecule has 0 spiro atoms. The first kappa shape index (κ1) is 15.4. The van der Waals surface area contributed by atoms with Crippen LogP contribution in [0.1, 0.15) is 26.3 Å². The first-order chi connectivity index (χ1) is 8.37. The van der Waals surface area contributed by atoms with Crippen LogP contribution in [-0.2, 0) is 11.2 Å². The van der Waals surface area contributed by atoms with Crippen molar-refractivity contribution in [1.82, 2.24) is 5.32 Å². The minimum atomic E-state index is 0.101. The summed E-state index contributed by atoms with van der Waals surface area (Å²) in [5, 5.41) is 3.67. The fourth-order valence-electron chi connectivity index (χ4n) is 1.33. The standard InChI is InChI=1S/C14H20ClNOS/c1-14(2,3)18-10-13(17)16-9-8-11-4-6-12(15)7-5-11/h4-7H,8-10H2,1-3H3,(H,16,17). The van der Waals surface area contributed by atoms with Crippen LogP contribution in [0.15, 0.2) is 24.3 Å².